The summed E-state index contributed by atoms with van der Waals surface area (Å²) in [5.74, 6) is 0.188. The third-order valence-electron chi connectivity index (χ3n) is 3.86. The lowest BCUT2D eigenvalue weighted by Crippen LogP contribution is -2.57. The van der Waals surface area contributed by atoms with Crippen molar-refractivity contribution < 1.29 is 9.53 Å². The molecule has 0 aromatic carbocycles. The highest BCUT2D eigenvalue weighted by molar-refractivity contribution is 5.82. The number of amidine groups is 1. The number of ether oxygens (including phenoxy) is 1. The van der Waals surface area contributed by atoms with Crippen molar-refractivity contribution in [3.05, 3.63) is 0 Å². The fraction of sp³-hybridized carbons (Fsp3) is 0.833. The Morgan fingerprint density at radius 1 is 1.11 bits per heavy atom. The number of piperazine rings is 1. The van der Waals surface area contributed by atoms with Gasteiger partial charge in [-0.05, 0) is 6.92 Å². The molecule has 108 valence electrons. The van der Waals surface area contributed by atoms with E-state index in [1.165, 1.54) is 0 Å². The Balaban J connectivity index is 1.82. The smallest absolute Gasteiger partial charge is 0.320 e. The first-order valence-electron chi connectivity index (χ1n) is 6.79. The van der Waals surface area contributed by atoms with E-state index >= 15 is 0 Å². The van der Waals surface area contributed by atoms with E-state index in [4.69, 9.17) is 15.9 Å². The minimum absolute atomic E-state index is 0.0411. The largest absolute Gasteiger partial charge is 0.386 e. The van der Waals surface area contributed by atoms with Gasteiger partial charge in [-0.15, -0.1) is 0 Å². The molecule has 1 unspecified atom stereocenters. The van der Waals surface area contributed by atoms with Gasteiger partial charge < -0.3 is 20.3 Å². The van der Waals surface area contributed by atoms with Crippen LogP contribution in [0.3, 0.4) is 0 Å². The molecule has 0 spiro atoms. The molecule has 0 aromatic heterocycles. The van der Waals surface area contributed by atoms with Gasteiger partial charge in [-0.2, -0.15) is 0 Å². The number of amides is 2. The van der Waals surface area contributed by atoms with Crippen molar-refractivity contribution >= 4 is 11.9 Å². The summed E-state index contributed by atoms with van der Waals surface area (Å²) in [5, 5.41) is 7.47. The molecule has 2 fully saturated rings. The molecule has 2 rings (SSSR count). The monoisotopic (exact) mass is 269 g/mol. The number of carbonyl (C=O) groups excluding carboxylic acids is 1. The standard InChI is InChI=1S/C12H23N5O2/c1-10(11(13)14)15-2-4-16(5-3-15)12(18)17-6-8-19-9-7-17/h10H,2-9H2,1H3,(H3,13,14). The molecule has 19 heavy (non-hydrogen) atoms. The fourth-order valence-corrected chi connectivity index (χ4v) is 2.45. The number of carbonyl (C=O) groups is 1. The summed E-state index contributed by atoms with van der Waals surface area (Å²) in [4.78, 5) is 18.2. The number of nitrogens with zero attached hydrogens (tertiary/aromatic N) is 3. The summed E-state index contributed by atoms with van der Waals surface area (Å²) in [6.07, 6.45) is 0. The van der Waals surface area contributed by atoms with Crippen molar-refractivity contribution in [2.24, 2.45) is 5.73 Å². The number of nitrogens with two attached hydrogens (primary N) is 1. The van der Waals surface area contributed by atoms with Crippen molar-refractivity contribution in [1.29, 1.82) is 5.41 Å². The molecule has 0 aromatic rings. The van der Waals surface area contributed by atoms with Crippen LogP contribution in [0.15, 0.2) is 0 Å². The van der Waals surface area contributed by atoms with Crippen LogP contribution in [0.4, 0.5) is 4.79 Å². The van der Waals surface area contributed by atoms with E-state index < -0.39 is 0 Å². The third-order valence-corrected chi connectivity index (χ3v) is 3.86. The van der Waals surface area contributed by atoms with Crippen molar-refractivity contribution in [2.75, 3.05) is 52.5 Å². The highest BCUT2D eigenvalue weighted by Crippen LogP contribution is 2.10. The average molecular weight is 269 g/mol. The lowest BCUT2D eigenvalue weighted by Gasteiger charge is -2.40. The van der Waals surface area contributed by atoms with Crippen LogP contribution in [0.25, 0.3) is 0 Å². The lowest BCUT2D eigenvalue weighted by atomic mass is 10.2. The quantitative estimate of drug-likeness (QED) is 0.517. The zero-order valence-corrected chi connectivity index (χ0v) is 11.5. The van der Waals surface area contributed by atoms with Gasteiger partial charge in [-0.1, -0.05) is 0 Å². The number of rotatable bonds is 2. The van der Waals surface area contributed by atoms with Crippen LogP contribution in [0.1, 0.15) is 6.92 Å². The number of hydrogen-bond donors (Lipinski definition) is 2. The second-order valence-corrected chi connectivity index (χ2v) is 5.04. The van der Waals surface area contributed by atoms with Crippen LogP contribution < -0.4 is 5.73 Å². The molecule has 0 saturated carbocycles. The topological polar surface area (TPSA) is 85.9 Å². The Bertz CT molecular complexity index is 335. The van der Waals surface area contributed by atoms with Gasteiger partial charge in [-0.25, -0.2) is 4.79 Å². The molecule has 0 bridgehead atoms. The van der Waals surface area contributed by atoms with E-state index in [0.29, 0.717) is 39.4 Å². The predicted octanol–water partition coefficient (Wildman–Crippen LogP) is -0.619. The summed E-state index contributed by atoms with van der Waals surface area (Å²) in [6.45, 7) is 7.52. The maximum absolute atomic E-state index is 12.3. The highest BCUT2D eigenvalue weighted by atomic mass is 16.5. The maximum Gasteiger partial charge on any atom is 0.320 e. The highest BCUT2D eigenvalue weighted by Gasteiger charge is 2.28. The van der Waals surface area contributed by atoms with Gasteiger partial charge in [0.15, 0.2) is 0 Å². The van der Waals surface area contributed by atoms with Gasteiger partial charge in [0.2, 0.25) is 0 Å². The average Bonchev–Trinajstić information content (AvgIpc) is 2.46. The first-order chi connectivity index (χ1) is 9.09. The van der Waals surface area contributed by atoms with Crippen LogP contribution in [-0.2, 0) is 4.74 Å². The zero-order chi connectivity index (χ0) is 13.8. The van der Waals surface area contributed by atoms with Crippen molar-refractivity contribution in [1.82, 2.24) is 14.7 Å². The SMILES string of the molecule is CC(C(=N)N)N1CCN(C(=O)N2CCOCC2)CC1. The molecular formula is C12H23N5O2. The van der Waals surface area contributed by atoms with Crippen molar-refractivity contribution in [3.63, 3.8) is 0 Å². The van der Waals surface area contributed by atoms with Crippen molar-refractivity contribution in [2.45, 2.75) is 13.0 Å². The Hall–Kier alpha value is -1.34. The van der Waals surface area contributed by atoms with Gasteiger partial charge >= 0.3 is 6.03 Å². The first-order valence-corrected chi connectivity index (χ1v) is 6.79. The third kappa shape index (κ3) is 3.36. The zero-order valence-electron chi connectivity index (χ0n) is 11.5. The molecule has 2 aliphatic heterocycles. The summed E-state index contributed by atoms with van der Waals surface area (Å²) < 4.78 is 5.25. The molecule has 3 N–H and O–H groups in total. The van der Waals surface area contributed by atoms with Gasteiger partial charge in [0, 0.05) is 39.3 Å². The van der Waals surface area contributed by atoms with E-state index in [0.717, 1.165) is 13.1 Å². The Morgan fingerprint density at radius 2 is 1.63 bits per heavy atom. The van der Waals surface area contributed by atoms with E-state index in [1.54, 1.807) is 0 Å². The molecule has 2 saturated heterocycles. The second-order valence-electron chi connectivity index (χ2n) is 5.04. The summed E-state index contributed by atoms with van der Waals surface area (Å²) in [5.41, 5.74) is 5.52. The summed E-state index contributed by atoms with van der Waals surface area (Å²) in [6, 6.07) is 0.0686. The minimum Gasteiger partial charge on any atom is -0.386 e. The number of hydrogen-bond acceptors (Lipinski definition) is 4. The van der Waals surface area contributed by atoms with Crippen LogP contribution in [0.2, 0.25) is 0 Å². The maximum atomic E-state index is 12.3. The fourth-order valence-electron chi connectivity index (χ4n) is 2.45. The molecule has 7 heteroatoms. The van der Waals surface area contributed by atoms with E-state index in [2.05, 4.69) is 4.90 Å². The Labute approximate surface area is 113 Å². The van der Waals surface area contributed by atoms with Crippen LogP contribution >= 0.6 is 0 Å². The Kier molecular flexibility index (Phi) is 4.60. The molecule has 0 aliphatic carbocycles. The molecule has 2 aliphatic rings. The normalized spacial score (nSPS) is 23.2. The Morgan fingerprint density at radius 3 is 2.16 bits per heavy atom. The van der Waals surface area contributed by atoms with E-state index in [1.807, 2.05) is 16.7 Å². The van der Waals surface area contributed by atoms with Crippen LogP contribution in [0.5, 0.6) is 0 Å². The first kappa shape index (κ1) is 14.1. The molecule has 7 nitrogen and oxygen atoms in total. The minimum atomic E-state index is -0.0411. The molecule has 0 radical (unpaired) electrons. The van der Waals surface area contributed by atoms with Crippen LogP contribution in [0, 0.1) is 5.41 Å². The summed E-state index contributed by atoms with van der Waals surface area (Å²) >= 11 is 0. The number of urea groups is 1. The van der Waals surface area contributed by atoms with Gasteiger partial charge in [-0.3, -0.25) is 10.3 Å². The number of nitrogens with one attached hydrogen (secondary N) is 1. The molecule has 2 heterocycles. The van der Waals surface area contributed by atoms with E-state index in [-0.39, 0.29) is 17.9 Å². The molecular weight excluding hydrogens is 246 g/mol. The van der Waals surface area contributed by atoms with Gasteiger partial charge in [0.25, 0.3) is 0 Å². The molecule has 1 atom stereocenters. The lowest BCUT2D eigenvalue weighted by molar-refractivity contribution is 0.0369. The van der Waals surface area contributed by atoms with Gasteiger partial charge in [0.05, 0.1) is 19.3 Å². The van der Waals surface area contributed by atoms with Crippen molar-refractivity contribution in [3.8, 4) is 0 Å². The predicted molar refractivity (Wildman–Crippen MR) is 72.3 cm³/mol. The number of morpholine rings is 1. The second kappa shape index (κ2) is 6.21. The van der Waals surface area contributed by atoms with Gasteiger partial charge in [0.1, 0.15) is 5.84 Å². The molecule has 2 amide bonds. The summed E-state index contributed by atoms with van der Waals surface area (Å²) in [7, 11) is 0. The van der Waals surface area contributed by atoms with E-state index in [9.17, 15) is 4.79 Å². The van der Waals surface area contributed by atoms with Crippen LogP contribution in [-0.4, -0.2) is 85.1 Å².